The summed E-state index contributed by atoms with van der Waals surface area (Å²) in [6, 6.07) is 8.55. The van der Waals surface area contributed by atoms with Gasteiger partial charge in [-0.2, -0.15) is 0 Å². The summed E-state index contributed by atoms with van der Waals surface area (Å²) in [4.78, 5) is 15.1. The molecule has 0 spiro atoms. The predicted octanol–water partition coefficient (Wildman–Crippen LogP) is 6.07. The van der Waals surface area contributed by atoms with Crippen LogP contribution in [0.3, 0.4) is 0 Å². The Hall–Kier alpha value is -1.75. The van der Waals surface area contributed by atoms with Crippen molar-refractivity contribution in [3.8, 4) is 10.6 Å². The van der Waals surface area contributed by atoms with Gasteiger partial charge >= 0.3 is 0 Å². The first-order valence-electron chi connectivity index (χ1n) is 10.5. The number of carbonyl (C=O) groups is 1. The predicted molar refractivity (Wildman–Crippen MR) is 118 cm³/mol. The van der Waals surface area contributed by atoms with Crippen LogP contribution >= 0.6 is 11.3 Å². The molecule has 0 aliphatic heterocycles. The molecule has 0 atom stereocenters. The Morgan fingerprint density at radius 3 is 2.32 bits per heavy atom. The highest BCUT2D eigenvalue weighted by molar-refractivity contribution is 7.18. The maximum atomic E-state index is 13.2. The Morgan fingerprint density at radius 2 is 1.75 bits per heavy atom. The molecule has 1 fully saturated rings. The maximum absolute atomic E-state index is 13.2. The Balaban J connectivity index is 1.82. The first kappa shape index (κ1) is 21.0. The van der Waals surface area contributed by atoms with Crippen molar-refractivity contribution in [3.63, 3.8) is 0 Å². The minimum atomic E-state index is 0.130. The zero-order valence-electron chi connectivity index (χ0n) is 17.9. The molecule has 1 aromatic heterocycles. The Labute approximate surface area is 173 Å². The summed E-state index contributed by atoms with van der Waals surface area (Å²) in [6.07, 6.45) is 5.59. The van der Waals surface area contributed by atoms with Crippen LogP contribution in [0.5, 0.6) is 0 Å². The smallest absolute Gasteiger partial charge is 0.231 e. The van der Waals surface area contributed by atoms with Crippen LogP contribution in [0.4, 0.5) is 5.13 Å². The van der Waals surface area contributed by atoms with E-state index in [9.17, 15) is 4.79 Å². The summed E-state index contributed by atoms with van der Waals surface area (Å²) >= 11 is 1.52. The van der Waals surface area contributed by atoms with E-state index in [0.717, 1.165) is 41.4 Å². The average molecular weight is 400 g/mol. The van der Waals surface area contributed by atoms with E-state index in [1.165, 1.54) is 23.3 Å². The number of carbonyl (C=O) groups excluding carboxylic acids is 1. The third-order valence-corrected chi connectivity index (χ3v) is 6.41. The molecule has 4 nitrogen and oxygen atoms in total. The van der Waals surface area contributed by atoms with Gasteiger partial charge in [0.05, 0.1) is 0 Å². The molecule has 1 heterocycles. The number of hydrogen-bond donors (Lipinski definition) is 0. The normalized spacial score (nSPS) is 15.8. The van der Waals surface area contributed by atoms with E-state index in [-0.39, 0.29) is 17.2 Å². The van der Waals surface area contributed by atoms with Crippen LogP contribution in [0.25, 0.3) is 10.6 Å². The number of aromatic nitrogens is 2. The van der Waals surface area contributed by atoms with E-state index in [2.05, 4.69) is 69.1 Å². The molecular weight excluding hydrogens is 366 g/mol. The van der Waals surface area contributed by atoms with Crippen molar-refractivity contribution in [2.75, 3.05) is 11.4 Å². The van der Waals surface area contributed by atoms with Crippen LogP contribution in [-0.2, 0) is 10.2 Å². The van der Waals surface area contributed by atoms with Crippen molar-refractivity contribution in [2.45, 2.75) is 72.1 Å². The lowest BCUT2D eigenvalue weighted by Gasteiger charge is -2.28. The van der Waals surface area contributed by atoms with Crippen LogP contribution in [0.2, 0.25) is 0 Å². The Morgan fingerprint density at radius 1 is 1.11 bits per heavy atom. The molecular formula is C23H33N3OS. The zero-order chi connectivity index (χ0) is 20.3. The monoisotopic (exact) mass is 399 g/mol. The summed E-state index contributed by atoms with van der Waals surface area (Å²) in [5, 5.41) is 10.4. The van der Waals surface area contributed by atoms with Gasteiger partial charge in [0.15, 0.2) is 0 Å². The number of benzene rings is 1. The zero-order valence-corrected chi connectivity index (χ0v) is 18.7. The molecule has 0 radical (unpaired) electrons. The molecule has 0 bridgehead atoms. The minimum absolute atomic E-state index is 0.130. The van der Waals surface area contributed by atoms with Crippen molar-refractivity contribution in [3.05, 3.63) is 29.8 Å². The molecule has 152 valence electrons. The second-order valence-electron chi connectivity index (χ2n) is 9.39. The topological polar surface area (TPSA) is 46.1 Å². The van der Waals surface area contributed by atoms with Gasteiger partial charge in [0.25, 0.3) is 0 Å². The van der Waals surface area contributed by atoms with Crippen LogP contribution in [-0.4, -0.2) is 22.6 Å². The van der Waals surface area contributed by atoms with Gasteiger partial charge in [0.2, 0.25) is 11.0 Å². The first-order chi connectivity index (χ1) is 13.3. The van der Waals surface area contributed by atoms with Crippen molar-refractivity contribution in [1.29, 1.82) is 0 Å². The van der Waals surface area contributed by atoms with Crippen LogP contribution in [0.15, 0.2) is 24.3 Å². The number of nitrogens with zero attached hydrogens (tertiary/aromatic N) is 3. The van der Waals surface area contributed by atoms with E-state index in [1.54, 1.807) is 0 Å². The molecule has 1 saturated carbocycles. The van der Waals surface area contributed by atoms with E-state index in [1.807, 2.05) is 4.90 Å². The van der Waals surface area contributed by atoms with Gasteiger partial charge in [0, 0.05) is 18.0 Å². The molecule has 1 aromatic carbocycles. The molecule has 0 N–H and O–H groups in total. The number of amides is 1. The SMILES string of the molecule is CC(C)CN(C(=O)C1CCCCC1)c1nnc(-c2ccc(C(C)(C)C)cc2)s1. The second kappa shape index (κ2) is 8.73. The summed E-state index contributed by atoms with van der Waals surface area (Å²) < 4.78 is 0. The minimum Gasteiger partial charge on any atom is -0.286 e. The van der Waals surface area contributed by atoms with Crippen LogP contribution < -0.4 is 4.90 Å². The van der Waals surface area contributed by atoms with E-state index >= 15 is 0 Å². The van der Waals surface area contributed by atoms with Crippen molar-refractivity contribution in [2.24, 2.45) is 11.8 Å². The Bertz CT molecular complexity index is 783. The standard InChI is InChI=1S/C23H33N3OS/c1-16(2)15-26(21(27)18-9-7-6-8-10-18)22-25-24-20(28-22)17-11-13-19(14-12-17)23(3,4)5/h11-14,16,18H,6-10,15H2,1-5H3. The summed E-state index contributed by atoms with van der Waals surface area (Å²) in [6.45, 7) is 11.6. The molecule has 1 aliphatic carbocycles. The van der Waals surface area contributed by atoms with Crippen LogP contribution in [0, 0.1) is 11.8 Å². The van der Waals surface area contributed by atoms with Gasteiger partial charge in [0.1, 0.15) is 5.01 Å². The van der Waals surface area contributed by atoms with Crippen LogP contribution in [0.1, 0.15) is 72.3 Å². The lowest BCUT2D eigenvalue weighted by molar-refractivity contribution is -0.123. The van der Waals surface area contributed by atoms with E-state index < -0.39 is 0 Å². The highest BCUT2D eigenvalue weighted by atomic mass is 32.1. The van der Waals surface area contributed by atoms with E-state index in [4.69, 9.17) is 0 Å². The first-order valence-corrected chi connectivity index (χ1v) is 11.3. The molecule has 5 heteroatoms. The van der Waals surface area contributed by atoms with Crippen molar-refractivity contribution >= 4 is 22.4 Å². The highest BCUT2D eigenvalue weighted by Gasteiger charge is 2.29. The lowest BCUT2D eigenvalue weighted by atomic mass is 9.87. The van der Waals surface area contributed by atoms with Gasteiger partial charge in [-0.1, -0.05) is 89.5 Å². The summed E-state index contributed by atoms with van der Waals surface area (Å²) in [5.74, 6) is 0.774. The Kier molecular flexibility index (Phi) is 6.54. The molecule has 0 saturated heterocycles. The molecule has 28 heavy (non-hydrogen) atoms. The molecule has 1 amide bonds. The third-order valence-electron chi connectivity index (χ3n) is 5.41. The van der Waals surface area contributed by atoms with Gasteiger partial charge in [-0.05, 0) is 29.7 Å². The lowest BCUT2D eigenvalue weighted by Crippen LogP contribution is -2.39. The van der Waals surface area contributed by atoms with Crippen molar-refractivity contribution in [1.82, 2.24) is 10.2 Å². The maximum Gasteiger partial charge on any atom is 0.231 e. The van der Waals surface area contributed by atoms with Gasteiger partial charge in [-0.3, -0.25) is 9.69 Å². The number of hydrogen-bond acceptors (Lipinski definition) is 4. The quantitative estimate of drug-likeness (QED) is 0.613. The molecule has 1 aliphatic rings. The summed E-state index contributed by atoms with van der Waals surface area (Å²) in [5.41, 5.74) is 2.49. The fourth-order valence-electron chi connectivity index (χ4n) is 3.75. The third kappa shape index (κ3) is 4.99. The fraction of sp³-hybridized carbons (Fsp3) is 0.609. The van der Waals surface area contributed by atoms with E-state index in [0.29, 0.717) is 12.5 Å². The highest BCUT2D eigenvalue weighted by Crippen LogP contribution is 2.33. The largest absolute Gasteiger partial charge is 0.286 e. The van der Waals surface area contributed by atoms with Crippen molar-refractivity contribution < 1.29 is 4.79 Å². The number of rotatable bonds is 5. The van der Waals surface area contributed by atoms with Gasteiger partial charge in [-0.15, -0.1) is 10.2 Å². The molecule has 2 aromatic rings. The van der Waals surface area contributed by atoms with Gasteiger partial charge in [-0.25, -0.2) is 0 Å². The molecule has 3 rings (SSSR count). The second-order valence-corrected chi connectivity index (χ2v) is 10.4. The molecule has 0 unspecified atom stereocenters. The fourth-order valence-corrected chi connectivity index (χ4v) is 4.62. The van der Waals surface area contributed by atoms with Gasteiger partial charge < -0.3 is 0 Å². The summed E-state index contributed by atoms with van der Waals surface area (Å²) in [7, 11) is 0. The number of anilines is 1. The average Bonchev–Trinajstić information content (AvgIpc) is 3.15.